The van der Waals surface area contributed by atoms with Crippen molar-refractivity contribution in [3.8, 4) is 11.3 Å². The van der Waals surface area contributed by atoms with Crippen LogP contribution in [0.5, 0.6) is 0 Å². The fourth-order valence-corrected chi connectivity index (χ4v) is 1.84. The van der Waals surface area contributed by atoms with Crippen molar-refractivity contribution >= 4 is 5.82 Å². The zero-order chi connectivity index (χ0) is 12.6. The summed E-state index contributed by atoms with van der Waals surface area (Å²) < 4.78 is 26.5. The van der Waals surface area contributed by atoms with Crippen molar-refractivity contribution in [2.45, 2.75) is 13.3 Å². The van der Waals surface area contributed by atoms with Crippen molar-refractivity contribution in [2.75, 3.05) is 5.73 Å². The van der Waals surface area contributed by atoms with Crippen LogP contribution in [0.25, 0.3) is 11.3 Å². The maximum atomic E-state index is 12.4. The Morgan fingerprint density at radius 3 is 2.24 bits per heavy atom. The molecule has 1 aromatic carbocycles. The third-order valence-corrected chi connectivity index (χ3v) is 2.76. The number of alkyl halides is 2. The number of aromatic nitrogens is 2. The highest BCUT2D eigenvalue weighted by atomic mass is 19.3. The van der Waals surface area contributed by atoms with E-state index in [0.29, 0.717) is 5.82 Å². The zero-order valence-corrected chi connectivity index (χ0v) is 9.61. The van der Waals surface area contributed by atoms with Crippen LogP contribution in [0.15, 0.2) is 24.3 Å². The molecule has 0 amide bonds. The number of hydrogen-bond donors (Lipinski definition) is 1. The van der Waals surface area contributed by atoms with Crippen LogP contribution >= 0.6 is 0 Å². The number of rotatable bonds is 2. The zero-order valence-electron chi connectivity index (χ0n) is 9.61. The molecule has 0 atom stereocenters. The van der Waals surface area contributed by atoms with E-state index in [4.69, 9.17) is 5.73 Å². The van der Waals surface area contributed by atoms with E-state index in [-0.39, 0.29) is 5.56 Å². The summed E-state index contributed by atoms with van der Waals surface area (Å²) in [5.74, 6) is 0.459. The number of benzene rings is 1. The SMILES string of the molecule is Cc1c(N)nn(C)c1-c1ccc(C(F)F)cc1. The normalized spacial score (nSPS) is 11.1. The molecule has 0 aliphatic carbocycles. The first-order valence-electron chi connectivity index (χ1n) is 5.18. The molecule has 0 bridgehead atoms. The summed E-state index contributed by atoms with van der Waals surface area (Å²) in [5, 5.41) is 4.09. The van der Waals surface area contributed by atoms with Crippen LogP contribution in [0, 0.1) is 6.92 Å². The van der Waals surface area contributed by atoms with Crippen LogP contribution in [0.1, 0.15) is 17.6 Å². The molecule has 2 rings (SSSR count). The van der Waals surface area contributed by atoms with Gasteiger partial charge in [-0.15, -0.1) is 0 Å². The summed E-state index contributed by atoms with van der Waals surface area (Å²) in [7, 11) is 1.78. The topological polar surface area (TPSA) is 43.8 Å². The van der Waals surface area contributed by atoms with E-state index in [1.807, 2.05) is 6.92 Å². The Morgan fingerprint density at radius 1 is 1.24 bits per heavy atom. The molecule has 0 fully saturated rings. The maximum Gasteiger partial charge on any atom is 0.263 e. The van der Waals surface area contributed by atoms with E-state index in [2.05, 4.69) is 5.10 Å². The van der Waals surface area contributed by atoms with Gasteiger partial charge in [0.2, 0.25) is 0 Å². The lowest BCUT2D eigenvalue weighted by molar-refractivity contribution is 0.151. The monoisotopic (exact) mass is 237 g/mol. The second-order valence-corrected chi connectivity index (χ2v) is 3.91. The first-order valence-corrected chi connectivity index (χ1v) is 5.18. The van der Waals surface area contributed by atoms with Crippen molar-refractivity contribution in [2.24, 2.45) is 7.05 Å². The van der Waals surface area contributed by atoms with E-state index in [9.17, 15) is 8.78 Å². The van der Waals surface area contributed by atoms with Gasteiger partial charge in [0.05, 0.1) is 5.69 Å². The van der Waals surface area contributed by atoms with Gasteiger partial charge in [0.15, 0.2) is 0 Å². The minimum Gasteiger partial charge on any atom is -0.382 e. The Morgan fingerprint density at radius 2 is 1.82 bits per heavy atom. The predicted molar refractivity (Wildman–Crippen MR) is 62.8 cm³/mol. The number of halogens is 2. The van der Waals surface area contributed by atoms with E-state index in [1.54, 1.807) is 23.9 Å². The smallest absolute Gasteiger partial charge is 0.263 e. The number of aryl methyl sites for hydroxylation is 1. The summed E-state index contributed by atoms with van der Waals surface area (Å²) >= 11 is 0. The summed E-state index contributed by atoms with van der Waals surface area (Å²) in [6, 6.07) is 6.15. The Balaban J connectivity index is 2.47. The fourth-order valence-electron chi connectivity index (χ4n) is 1.84. The second-order valence-electron chi connectivity index (χ2n) is 3.91. The minimum atomic E-state index is -2.44. The number of anilines is 1. The Bertz CT molecular complexity index is 529. The second kappa shape index (κ2) is 4.16. The van der Waals surface area contributed by atoms with Gasteiger partial charge in [-0.3, -0.25) is 4.68 Å². The minimum absolute atomic E-state index is 0.0153. The van der Waals surface area contributed by atoms with E-state index in [0.717, 1.165) is 16.8 Å². The highest BCUT2D eigenvalue weighted by Crippen LogP contribution is 2.28. The Labute approximate surface area is 97.9 Å². The number of nitrogens with zero attached hydrogens (tertiary/aromatic N) is 2. The number of hydrogen-bond acceptors (Lipinski definition) is 2. The van der Waals surface area contributed by atoms with Gasteiger partial charge in [0.1, 0.15) is 5.82 Å². The highest BCUT2D eigenvalue weighted by molar-refractivity contribution is 5.68. The van der Waals surface area contributed by atoms with Crippen LogP contribution in [0.2, 0.25) is 0 Å². The average Bonchev–Trinajstić information content (AvgIpc) is 2.53. The number of nitrogen functional groups attached to an aromatic ring is 1. The molecule has 5 heteroatoms. The summed E-state index contributed by atoms with van der Waals surface area (Å²) in [6.45, 7) is 1.86. The molecule has 1 heterocycles. The molecule has 0 saturated heterocycles. The van der Waals surface area contributed by atoms with Crippen molar-refractivity contribution < 1.29 is 8.78 Å². The van der Waals surface area contributed by atoms with Crippen LogP contribution in [0.3, 0.4) is 0 Å². The van der Waals surface area contributed by atoms with Crippen molar-refractivity contribution in [3.05, 3.63) is 35.4 Å². The van der Waals surface area contributed by atoms with Gasteiger partial charge >= 0.3 is 0 Å². The predicted octanol–water partition coefficient (Wildman–Crippen LogP) is 2.92. The molecular formula is C12H13F2N3. The summed E-state index contributed by atoms with van der Waals surface area (Å²) in [6.07, 6.45) is -2.44. The van der Waals surface area contributed by atoms with E-state index in [1.165, 1.54) is 12.1 Å². The fraction of sp³-hybridized carbons (Fsp3) is 0.250. The molecule has 0 aliphatic rings. The molecule has 0 aliphatic heterocycles. The van der Waals surface area contributed by atoms with Gasteiger partial charge in [-0.05, 0) is 6.92 Å². The van der Waals surface area contributed by atoms with E-state index < -0.39 is 6.43 Å². The molecular weight excluding hydrogens is 224 g/mol. The third kappa shape index (κ3) is 2.00. The summed E-state index contributed by atoms with van der Waals surface area (Å²) in [5.41, 5.74) is 8.26. The van der Waals surface area contributed by atoms with Gasteiger partial charge in [-0.1, -0.05) is 24.3 Å². The molecule has 2 aromatic rings. The van der Waals surface area contributed by atoms with Crippen LogP contribution in [-0.4, -0.2) is 9.78 Å². The van der Waals surface area contributed by atoms with Gasteiger partial charge in [-0.2, -0.15) is 5.10 Å². The largest absolute Gasteiger partial charge is 0.382 e. The van der Waals surface area contributed by atoms with Crippen molar-refractivity contribution in [1.29, 1.82) is 0 Å². The summed E-state index contributed by atoms with van der Waals surface area (Å²) in [4.78, 5) is 0. The molecule has 0 saturated carbocycles. The first kappa shape index (κ1) is 11.6. The Hall–Kier alpha value is -1.91. The van der Waals surface area contributed by atoms with Gasteiger partial charge < -0.3 is 5.73 Å². The van der Waals surface area contributed by atoms with Gasteiger partial charge in [-0.25, -0.2) is 8.78 Å². The van der Waals surface area contributed by atoms with Crippen LogP contribution in [0.4, 0.5) is 14.6 Å². The quantitative estimate of drug-likeness (QED) is 0.872. The number of nitrogens with two attached hydrogens (primary N) is 1. The van der Waals surface area contributed by atoms with Crippen molar-refractivity contribution in [3.63, 3.8) is 0 Å². The van der Waals surface area contributed by atoms with E-state index >= 15 is 0 Å². The first-order chi connectivity index (χ1) is 8.00. The Kier molecular flexibility index (Phi) is 2.83. The molecule has 1 aromatic heterocycles. The van der Waals surface area contributed by atoms with Crippen molar-refractivity contribution in [1.82, 2.24) is 9.78 Å². The molecule has 0 unspecified atom stereocenters. The average molecular weight is 237 g/mol. The maximum absolute atomic E-state index is 12.4. The van der Waals surface area contributed by atoms with Gasteiger partial charge in [0, 0.05) is 23.7 Å². The molecule has 90 valence electrons. The van der Waals surface area contributed by atoms with Gasteiger partial charge in [0.25, 0.3) is 6.43 Å². The van der Waals surface area contributed by atoms with Crippen LogP contribution in [-0.2, 0) is 7.05 Å². The molecule has 0 radical (unpaired) electrons. The van der Waals surface area contributed by atoms with Crippen LogP contribution < -0.4 is 5.73 Å². The standard InChI is InChI=1S/C12H13F2N3/c1-7-10(17(2)16-12(7)15)8-3-5-9(6-4-8)11(13)14/h3-6,11H,1-2H3,(H2,15,16). The highest BCUT2D eigenvalue weighted by Gasteiger charge is 2.13. The molecule has 0 spiro atoms. The lowest BCUT2D eigenvalue weighted by Crippen LogP contribution is -1.95. The molecule has 17 heavy (non-hydrogen) atoms. The lowest BCUT2D eigenvalue weighted by atomic mass is 10.1. The third-order valence-electron chi connectivity index (χ3n) is 2.76. The lowest BCUT2D eigenvalue weighted by Gasteiger charge is -2.05. The molecule has 3 nitrogen and oxygen atoms in total. The molecule has 2 N–H and O–H groups in total.